The number of nitrogens with one attached hydrogen (secondary N) is 1. The van der Waals surface area contributed by atoms with Crippen LogP contribution in [0, 0.1) is 10.5 Å². The summed E-state index contributed by atoms with van der Waals surface area (Å²) in [5.41, 5.74) is 3.75. The summed E-state index contributed by atoms with van der Waals surface area (Å²) in [6, 6.07) is 6.99. The molecule has 3 nitrogen and oxygen atoms in total. The van der Waals surface area contributed by atoms with Gasteiger partial charge < -0.3 is 5.32 Å². The normalized spacial score (nSPS) is 11.2. The lowest BCUT2D eigenvalue weighted by Gasteiger charge is -2.12. The van der Waals surface area contributed by atoms with Crippen molar-refractivity contribution in [3.63, 3.8) is 0 Å². The molecule has 4 heteroatoms. The Kier molecular flexibility index (Phi) is 4.40. The fourth-order valence-electron chi connectivity index (χ4n) is 1.78. The van der Waals surface area contributed by atoms with Crippen molar-refractivity contribution in [2.24, 2.45) is 0 Å². The van der Waals surface area contributed by atoms with E-state index in [1.54, 1.807) is 0 Å². The first-order valence-corrected chi connectivity index (χ1v) is 7.17. The van der Waals surface area contributed by atoms with Crippen LogP contribution in [0.2, 0.25) is 0 Å². The van der Waals surface area contributed by atoms with Gasteiger partial charge in [0, 0.05) is 18.8 Å². The van der Waals surface area contributed by atoms with E-state index in [0.29, 0.717) is 6.04 Å². The summed E-state index contributed by atoms with van der Waals surface area (Å²) in [6.45, 7) is 7.39. The molecule has 0 aliphatic carbocycles. The van der Waals surface area contributed by atoms with E-state index in [0.717, 1.165) is 15.8 Å². The predicted molar refractivity (Wildman–Crippen MR) is 83.0 cm³/mol. The van der Waals surface area contributed by atoms with Gasteiger partial charge in [-0.3, -0.25) is 0 Å². The molecule has 1 N–H and O–H groups in total. The van der Waals surface area contributed by atoms with Crippen molar-refractivity contribution < 1.29 is 0 Å². The summed E-state index contributed by atoms with van der Waals surface area (Å²) in [4.78, 5) is 0. The van der Waals surface area contributed by atoms with Crippen molar-refractivity contribution in [1.82, 2.24) is 15.1 Å². The van der Waals surface area contributed by atoms with E-state index >= 15 is 0 Å². The second-order valence-corrected chi connectivity index (χ2v) is 6.00. The zero-order chi connectivity index (χ0) is 13.1. The molecule has 1 aromatic heterocycles. The number of benzene rings is 1. The molecular weight excluding hydrogens is 337 g/mol. The second kappa shape index (κ2) is 5.84. The number of rotatable bonds is 4. The van der Waals surface area contributed by atoms with Crippen molar-refractivity contribution in [2.75, 3.05) is 0 Å². The van der Waals surface area contributed by atoms with Gasteiger partial charge in [-0.15, -0.1) is 0 Å². The third-order valence-corrected chi connectivity index (χ3v) is 3.40. The van der Waals surface area contributed by atoms with Crippen LogP contribution in [0.3, 0.4) is 0 Å². The largest absolute Gasteiger partial charge is 0.310 e. The van der Waals surface area contributed by atoms with E-state index in [1.165, 1.54) is 11.1 Å². The molecule has 0 radical (unpaired) electrons. The highest BCUT2D eigenvalue weighted by Crippen LogP contribution is 2.15. The van der Waals surface area contributed by atoms with Crippen LogP contribution in [0.25, 0.3) is 5.69 Å². The second-order valence-electron chi connectivity index (χ2n) is 4.75. The van der Waals surface area contributed by atoms with E-state index in [4.69, 9.17) is 0 Å². The topological polar surface area (TPSA) is 29.9 Å². The maximum atomic E-state index is 4.32. The average molecular weight is 355 g/mol. The summed E-state index contributed by atoms with van der Waals surface area (Å²) >= 11 is 2.27. The first-order valence-electron chi connectivity index (χ1n) is 6.09. The van der Waals surface area contributed by atoms with Gasteiger partial charge in [0.25, 0.3) is 0 Å². The molecule has 0 bridgehead atoms. The average Bonchev–Trinajstić information content (AvgIpc) is 2.74. The standard InChI is InChI=1S/C14H18IN3/c1-10(2)16-7-12-4-5-14(6-11(12)3)18-9-13(15)8-17-18/h4-6,8-10,16H,7H2,1-3H3. The van der Waals surface area contributed by atoms with Crippen LogP contribution in [-0.4, -0.2) is 15.8 Å². The number of hydrogen-bond acceptors (Lipinski definition) is 2. The van der Waals surface area contributed by atoms with Crippen LogP contribution in [-0.2, 0) is 6.54 Å². The SMILES string of the molecule is Cc1cc(-n2cc(I)cn2)ccc1CNC(C)C. The minimum absolute atomic E-state index is 0.511. The summed E-state index contributed by atoms with van der Waals surface area (Å²) in [6.07, 6.45) is 3.89. The van der Waals surface area contributed by atoms with Crippen molar-refractivity contribution in [1.29, 1.82) is 0 Å². The van der Waals surface area contributed by atoms with Crippen molar-refractivity contribution in [3.8, 4) is 5.69 Å². The van der Waals surface area contributed by atoms with Gasteiger partial charge in [0.2, 0.25) is 0 Å². The molecule has 1 heterocycles. The minimum Gasteiger partial charge on any atom is -0.310 e. The Balaban J connectivity index is 2.19. The lowest BCUT2D eigenvalue weighted by atomic mass is 10.1. The van der Waals surface area contributed by atoms with Crippen LogP contribution < -0.4 is 5.32 Å². The summed E-state index contributed by atoms with van der Waals surface area (Å²) < 4.78 is 3.06. The fourth-order valence-corrected chi connectivity index (χ4v) is 2.17. The molecule has 0 saturated carbocycles. The van der Waals surface area contributed by atoms with E-state index < -0.39 is 0 Å². The predicted octanol–water partition coefficient (Wildman–Crippen LogP) is 3.28. The maximum Gasteiger partial charge on any atom is 0.0648 e. The number of nitrogens with zero attached hydrogens (tertiary/aromatic N) is 2. The lowest BCUT2D eigenvalue weighted by molar-refractivity contribution is 0.587. The van der Waals surface area contributed by atoms with Crippen molar-refractivity contribution in [2.45, 2.75) is 33.4 Å². The van der Waals surface area contributed by atoms with Gasteiger partial charge >= 0.3 is 0 Å². The van der Waals surface area contributed by atoms with E-state index in [-0.39, 0.29) is 0 Å². The Morgan fingerprint density at radius 1 is 1.39 bits per heavy atom. The van der Waals surface area contributed by atoms with Crippen molar-refractivity contribution in [3.05, 3.63) is 45.3 Å². The molecule has 2 aromatic rings. The molecule has 2 rings (SSSR count). The molecule has 1 aromatic carbocycles. The Morgan fingerprint density at radius 2 is 2.17 bits per heavy atom. The van der Waals surface area contributed by atoms with Crippen molar-refractivity contribution >= 4 is 22.6 Å². The summed E-state index contributed by atoms with van der Waals surface area (Å²) in [5.74, 6) is 0. The van der Waals surface area contributed by atoms with Gasteiger partial charge in [0.15, 0.2) is 0 Å². The van der Waals surface area contributed by atoms with Gasteiger partial charge in [0.1, 0.15) is 0 Å². The zero-order valence-corrected chi connectivity index (χ0v) is 13.1. The van der Waals surface area contributed by atoms with Gasteiger partial charge in [-0.2, -0.15) is 5.10 Å². The van der Waals surface area contributed by atoms with E-state index in [1.807, 2.05) is 17.1 Å². The summed E-state index contributed by atoms with van der Waals surface area (Å²) in [5, 5.41) is 7.77. The third kappa shape index (κ3) is 3.32. The number of hydrogen-bond donors (Lipinski definition) is 1. The highest BCUT2D eigenvalue weighted by molar-refractivity contribution is 14.1. The molecule has 0 aliphatic rings. The van der Waals surface area contributed by atoms with Crippen LogP contribution in [0.5, 0.6) is 0 Å². The highest BCUT2D eigenvalue weighted by atomic mass is 127. The highest BCUT2D eigenvalue weighted by Gasteiger charge is 2.03. The van der Waals surface area contributed by atoms with Gasteiger partial charge in [-0.25, -0.2) is 4.68 Å². The van der Waals surface area contributed by atoms with Gasteiger partial charge in [-0.1, -0.05) is 19.9 Å². The Bertz CT molecular complexity index is 532. The minimum atomic E-state index is 0.511. The lowest BCUT2D eigenvalue weighted by Crippen LogP contribution is -2.22. The third-order valence-electron chi connectivity index (χ3n) is 2.84. The van der Waals surface area contributed by atoms with Gasteiger partial charge in [-0.05, 0) is 52.8 Å². The fraction of sp³-hybridized carbons (Fsp3) is 0.357. The Morgan fingerprint density at radius 3 is 2.72 bits per heavy atom. The molecule has 18 heavy (non-hydrogen) atoms. The van der Waals surface area contributed by atoms with Crippen LogP contribution in [0.4, 0.5) is 0 Å². The van der Waals surface area contributed by atoms with Crippen LogP contribution in [0.15, 0.2) is 30.6 Å². The van der Waals surface area contributed by atoms with E-state index in [9.17, 15) is 0 Å². The van der Waals surface area contributed by atoms with Crippen LogP contribution >= 0.6 is 22.6 Å². The van der Waals surface area contributed by atoms with Crippen LogP contribution in [0.1, 0.15) is 25.0 Å². The number of aromatic nitrogens is 2. The molecule has 96 valence electrons. The molecule has 0 spiro atoms. The Labute approximate surface area is 122 Å². The molecule has 0 fully saturated rings. The molecular formula is C14H18IN3. The molecule has 0 atom stereocenters. The first-order chi connectivity index (χ1) is 8.56. The number of halogens is 1. The molecule has 0 saturated heterocycles. The zero-order valence-electron chi connectivity index (χ0n) is 10.9. The molecule has 0 unspecified atom stereocenters. The quantitative estimate of drug-likeness (QED) is 0.853. The maximum absolute atomic E-state index is 4.32. The first kappa shape index (κ1) is 13.5. The number of aryl methyl sites for hydroxylation is 1. The molecule has 0 aliphatic heterocycles. The molecule has 0 amide bonds. The summed E-state index contributed by atoms with van der Waals surface area (Å²) in [7, 11) is 0. The monoisotopic (exact) mass is 355 g/mol. The van der Waals surface area contributed by atoms with E-state index in [2.05, 4.69) is 72.0 Å². The Hall–Kier alpha value is -0.880. The smallest absolute Gasteiger partial charge is 0.0648 e. The van der Waals surface area contributed by atoms with Gasteiger partial charge in [0.05, 0.1) is 15.5 Å².